The highest BCUT2D eigenvalue weighted by Crippen LogP contribution is 2.39. The van der Waals surface area contributed by atoms with Gasteiger partial charge >= 0.3 is 0 Å². The van der Waals surface area contributed by atoms with Gasteiger partial charge in [0.15, 0.2) is 0 Å². The Morgan fingerprint density at radius 3 is 2.90 bits per heavy atom. The fourth-order valence-electron chi connectivity index (χ4n) is 2.26. The molecule has 0 aromatic carbocycles. The Morgan fingerprint density at radius 1 is 1.33 bits per heavy atom. The molecule has 0 spiro atoms. The second-order valence-corrected chi connectivity index (χ2v) is 8.98. The maximum Gasteiger partial charge on any atom is 0.0930 e. The highest BCUT2D eigenvalue weighted by atomic mass is 33.1. The minimum absolute atomic E-state index is 0.239. The van der Waals surface area contributed by atoms with Gasteiger partial charge in [0.05, 0.1) is 22.7 Å². The molecule has 0 radical (unpaired) electrons. The van der Waals surface area contributed by atoms with Gasteiger partial charge in [0.25, 0.3) is 0 Å². The van der Waals surface area contributed by atoms with Crippen LogP contribution in [0, 0.1) is 6.92 Å². The van der Waals surface area contributed by atoms with Gasteiger partial charge in [-0.1, -0.05) is 28.0 Å². The van der Waals surface area contributed by atoms with Crippen molar-refractivity contribution >= 4 is 32.9 Å². The van der Waals surface area contributed by atoms with Crippen LogP contribution in [-0.4, -0.2) is 38.4 Å². The van der Waals surface area contributed by atoms with Gasteiger partial charge in [-0.2, -0.15) is 0 Å². The second kappa shape index (κ2) is 9.34. The molecule has 0 bridgehead atoms. The lowest BCUT2D eigenvalue weighted by Gasteiger charge is -2.05. The standard InChI is InChI=1S/C13H22N2O3S3/c1-10-12(6-8-18-15(16)17)20-13(14-10)5-3-2-4-11-7-9-19-21-11/h11,16-17H,2-9H2,1H3. The van der Waals surface area contributed by atoms with Crippen molar-refractivity contribution in [1.82, 2.24) is 10.4 Å². The minimum atomic E-state index is -0.239. The van der Waals surface area contributed by atoms with E-state index >= 15 is 0 Å². The van der Waals surface area contributed by atoms with E-state index in [0.717, 1.165) is 22.2 Å². The Hall–Kier alpha value is 0.170. The van der Waals surface area contributed by atoms with Crippen LogP contribution in [0.4, 0.5) is 0 Å². The molecule has 1 saturated heterocycles. The summed E-state index contributed by atoms with van der Waals surface area (Å²) in [5, 5.41) is 18.8. The molecule has 1 aliphatic heterocycles. The number of aromatic nitrogens is 1. The molecule has 1 aliphatic rings. The van der Waals surface area contributed by atoms with Crippen molar-refractivity contribution in [2.24, 2.45) is 0 Å². The molecule has 1 atom stereocenters. The predicted octanol–water partition coefficient (Wildman–Crippen LogP) is 3.87. The molecule has 0 aliphatic carbocycles. The van der Waals surface area contributed by atoms with Crippen LogP contribution in [0.3, 0.4) is 0 Å². The van der Waals surface area contributed by atoms with Crippen molar-refractivity contribution in [1.29, 1.82) is 0 Å². The van der Waals surface area contributed by atoms with E-state index in [1.165, 1.54) is 36.4 Å². The number of unbranched alkanes of at least 4 members (excludes halogenated alkanes) is 1. The third-order valence-corrected chi connectivity index (χ3v) is 7.65. The van der Waals surface area contributed by atoms with Gasteiger partial charge < -0.3 is 0 Å². The molecule has 2 N–H and O–H groups in total. The summed E-state index contributed by atoms with van der Waals surface area (Å²) < 4.78 is 0. The molecule has 1 aromatic rings. The molecule has 1 unspecified atom stereocenters. The molecule has 5 nitrogen and oxygen atoms in total. The summed E-state index contributed by atoms with van der Waals surface area (Å²) in [6.07, 6.45) is 6.86. The van der Waals surface area contributed by atoms with Crippen molar-refractivity contribution in [3.8, 4) is 0 Å². The van der Waals surface area contributed by atoms with E-state index in [9.17, 15) is 0 Å². The van der Waals surface area contributed by atoms with E-state index in [-0.39, 0.29) is 12.0 Å². The molecular weight excluding hydrogens is 328 g/mol. The summed E-state index contributed by atoms with van der Waals surface area (Å²) in [4.78, 5) is 10.3. The third kappa shape index (κ3) is 6.43. The van der Waals surface area contributed by atoms with Gasteiger partial charge in [0.1, 0.15) is 0 Å². The van der Waals surface area contributed by atoms with Crippen LogP contribution in [0.15, 0.2) is 0 Å². The topological polar surface area (TPSA) is 65.8 Å². The summed E-state index contributed by atoms with van der Waals surface area (Å²) in [5.74, 6) is 1.31. The molecule has 120 valence electrons. The summed E-state index contributed by atoms with van der Waals surface area (Å²) in [6.45, 7) is 2.24. The molecule has 8 heteroatoms. The third-order valence-electron chi connectivity index (χ3n) is 3.37. The number of aryl methyl sites for hydroxylation is 2. The normalized spacial score (nSPS) is 18.8. The van der Waals surface area contributed by atoms with Gasteiger partial charge in [-0.05, 0) is 32.6 Å². The lowest BCUT2D eigenvalue weighted by molar-refractivity contribution is -0.492. The highest BCUT2D eigenvalue weighted by Gasteiger charge is 2.15. The van der Waals surface area contributed by atoms with Crippen LogP contribution < -0.4 is 0 Å². The summed E-state index contributed by atoms with van der Waals surface area (Å²) >= 11 is 1.71. The second-order valence-electron chi connectivity index (χ2n) is 5.03. The first-order valence-electron chi connectivity index (χ1n) is 7.19. The van der Waals surface area contributed by atoms with Crippen LogP contribution in [0.2, 0.25) is 0 Å². The number of hydrogen-bond donors (Lipinski definition) is 2. The smallest absolute Gasteiger partial charge is 0.0930 e. The number of thiazole rings is 1. The van der Waals surface area contributed by atoms with Gasteiger partial charge in [0.2, 0.25) is 0 Å². The fraction of sp³-hybridized carbons (Fsp3) is 0.769. The first-order chi connectivity index (χ1) is 10.1. The van der Waals surface area contributed by atoms with Gasteiger partial charge in [-0.15, -0.1) is 11.3 Å². The maximum absolute atomic E-state index is 8.49. The van der Waals surface area contributed by atoms with Gasteiger partial charge in [0, 0.05) is 22.3 Å². The van der Waals surface area contributed by atoms with E-state index < -0.39 is 0 Å². The van der Waals surface area contributed by atoms with Crippen molar-refractivity contribution in [3.63, 3.8) is 0 Å². The zero-order valence-corrected chi connectivity index (χ0v) is 14.6. The summed E-state index contributed by atoms with van der Waals surface area (Å²) in [6, 6.07) is 0. The first kappa shape index (κ1) is 17.5. The maximum atomic E-state index is 8.49. The molecule has 1 aromatic heterocycles. The largest absolute Gasteiger partial charge is 0.266 e. The van der Waals surface area contributed by atoms with E-state index in [0.29, 0.717) is 6.42 Å². The molecule has 0 amide bonds. The average Bonchev–Trinajstić information content (AvgIpc) is 3.05. The zero-order valence-electron chi connectivity index (χ0n) is 12.2. The predicted molar refractivity (Wildman–Crippen MR) is 87.9 cm³/mol. The Bertz CT molecular complexity index is 423. The molecule has 0 saturated carbocycles. The summed E-state index contributed by atoms with van der Waals surface area (Å²) in [7, 11) is 4.06. The number of hydrogen-bond acceptors (Lipinski definition) is 8. The molecule has 2 rings (SSSR count). The Balaban J connectivity index is 1.66. The lowest BCUT2D eigenvalue weighted by Crippen LogP contribution is -2.16. The van der Waals surface area contributed by atoms with E-state index in [4.69, 9.17) is 10.4 Å². The van der Waals surface area contributed by atoms with E-state index in [2.05, 4.69) is 20.6 Å². The van der Waals surface area contributed by atoms with Crippen molar-refractivity contribution < 1.29 is 15.3 Å². The van der Waals surface area contributed by atoms with Crippen LogP contribution in [-0.2, 0) is 17.7 Å². The van der Waals surface area contributed by atoms with Crippen LogP contribution in [0.1, 0.15) is 41.3 Å². The van der Waals surface area contributed by atoms with Crippen LogP contribution in [0.5, 0.6) is 0 Å². The van der Waals surface area contributed by atoms with Crippen LogP contribution >= 0.6 is 32.9 Å². The SMILES string of the molecule is Cc1nc(CCCCC2CCSS2)sc1CCON(O)O. The van der Waals surface area contributed by atoms with Crippen molar-refractivity contribution in [2.45, 2.75) is 50.7 Å². The van der Waals surface area contributed by atoms with Gasteiger partial charge in [-0.3, -0.25) is 15.3 Å². The van der Waals surface area contributed by atoms with Crippen molar-refractivity contribution in [2.75, 3.05) is 12.4 Å². The Morgan fingerprint density at radius 2 is 2.19 bits per heavy atom. The number of rotatable bonds is 9. The minimum Gasteiger partial charge on any atom is -0.266 e. The highest BCUT2D eigenvalue weighted by molar-refractivity contribution is 8.77. The average molecular weight is 351 g/mol. The molecule has 21 heavy (non-hydrogen) atoms. The molecular formula is C13H22N2O3S3. The van der Waals surface area contributed by atoms with Crippen molar-refractivity contribution in [3.05, 3.63) is 15.6 Å². The van der Waals surface area contributed by atoms with E-state index in [1.54, 1.807) is 11.3 Å². The fourth-order valence-corrected chi connectivity index (χ4v) is 6.38. The lowest BCUT2D eigenvalue weighted by atomic mass is 10.1. The zero-order chi connectivity index (χ0) is 15.1. The van der Waals surface area contributed by atoms with Gasteiger partial charge in [-0.25, -0.2) is 4.98 Å². The first-order valence-corrected chi connectivity index (χ1v) is 10.4. The Kier molecular flexibility index (Phi) is 7.79. The molecule has 2 heterocycles. The molecule has 1 fully saturated rings. The van der Waals surface area contributed by atoms with E-state index in [1.807, 2.05) is 17.7 Å². The Labute approximate surface area is 137 Å². The quantitative estimate of drug-likeness (QED) is 0.398. The summed E-state index contributed by atoms with van der Waals surface area (Å²) in [5.41, 5.74) is 1.03. The monoisotopic (exact) mass is 350 g/mol. The number of nitrogens with zero attached hydrogens (tertiary/aromatic N) is 2. The van der Waals surface area contributed by atoms with Crippen LogP contribution in [0.25, 0.3) is 0 Å².